The molecule has 0 saturated heterocycles. The number of hydrogen-bond acceptors (Lipinski definition) is 4. The van der Waals surface area contributed by atoms with Gasteiger partial charge in [0.2, 0.25) is 0 Å². The predicted octanol–water partition coefficient (Wildman–Crippen LogP) is 8.24. The van der Waals surface area contributed by atoms with Crippen molar-refractivity contribution in [1.82, 2.24) is 9.80 Å². The lowest BCUT2D eigenvalue weighted by molar-refractivity contribution is 0.0389. The van der Waals surface area contributed by atoms with Gasteiger partial charge in [-0.2, -0.15) is 0 Å². The van der Waals surface area contributed by atoms with Crippen LogP contribution >= 0.6 is 0 Å². The largest absolute Gasteiger partial charge is 0.269 e. The summed E-state index contributed by atoms with van der Waals surface area (Å²) in [4.78, 5) is 59.4. The van der Waals surface area contributed by atoms with E-state index in [0.717, 1.165) is 11.1 Å². The number of carbonyl (C=O) groups excluding carboxylic acids is 4. The Kier molecular flexibility index (Phi) is 7.16. The maximum atomic E-state index is 14.2. The third-order valence-corrected chi connectivity index (χ3v) is 8.35. The van der Waals surface area contributed by atoms with E-state index in [-0.39, 0.29) is 7.43 Å². The highest BCUT2D eigenvalue weighted by Gasteiger charge is 2.47. The van der Waals surface area contributed by atoms with Crippen LogP contribution in [0.2, 0.25) is 0 Å². The summed E-state index contributed by atoms with van der Waals surface area (Å²) in [5, 5.41) is 0.760. The van der Waals surface area contributed by atoms with Crippen molar-refractivity contribution in [2.24, 2.45) is 10.8 Å². The molecule has 6 rings (SSSR count). The number of imide groups is 2. The fourth-order valence-corrected chi connectivity index (χ4v) is 6.72. The molecule has 43 heavy (non-hydrogen) atoms. The highest BCUT2D eigenvalue weighted by molar-refractivity contribution is 6.33. The van der Waals surface area contributed by atoms with E-state index < -0.39 is 46.5 Å². The zero-order valence-electron chi connectivity index (χ0n) is 24.8. The molecule has 2 aliphatic heterocycles. The Morgan fingerprint density at radius 1 is 0.442 bits per heavy atom. The molecule has 2 unspecified atom stereocenters. The lowest BCUT2D eigenvalue weighted by Gasteiger charge is -2.43. The normalized spacial score (nSPS) is 16.3. The molecule has 0 fully saturated rings. The molecule has 4 amide bonds. The zero-order chi connectivity index (χ0) is 30.1. The minimum Gasteiger partial charge on any atom is -0.269 e. The van der Waals surface area contributed by atoms with Gasteiger partial charge in [-0.05, 0) is 46.2 Å². The average Bonchev–Trinajstić information content (AvgIpc) is 2.94. The van der Waals surface area contributed by atoms with E-state index in [0.29, 0.717) is 33.0 Å². The molecule has 4 aromatic carbocycles. The zero-order valence-corrected chi connectivity index (χ0v) is 24.8. The minimum atomic E-state index is -0.522. The number of nitrogens with zero attached hydrogens (tertiary/aromatic N) is 2. The number of rotatable bonds is 4. The number of carbonyl (C=O) groups is 4. The average molecular weight is 575 g/mol. The van der Waals surface area contributed by atoms with Crippen LogP contribution in [0, 0.1) is 10.8 Å². The fourth-order valence-electron chi connectivity index (χ4n) is 6.72. The van der Waals surface area contributed by atoms with Crippen LogP contribution in [0.15, 0.2) is 84.9 Å². The molecule has 0 N–H and O–H groups in total. The summed E-state index contributed by atoms with van der Waals surface area (Å²) in [6.07, 6.45) is 0. The predicted molar refractivity (Wildman–Crippen MR) is 169 cm³/mol. The van der Waals surface area contributed by atoms with Gasteiger partial charge in [-0.15, -0.1) is 0 Å². The van der Waals surface area contributed by atoms with Crippen molar-refractivity contribution in [3.63, 3.8) is 0 Å². The number of amides is 4. The van der Waals surface area contributed by atoms with Crippen molar-refractivity contribution >= 4 is 34.4 Å². The molecule has 2 aliphatic rings. The summed E-state index contributed by atoms with van der Waals surface area (Å²) in [7, 11) is 0. The molecular weight excluding hydrogens is 536 g/mol. The van der Waals surface area contributed by atoms with Crippen molar-refractivity contribution in [1.29, 1.82) is 0 Å². The van der Waals surface area contributed by atoms with Gasteiger partial charge in [-0.1, -0.05) is 110 Å². The molecular formula is C37H38N2O4. The van der Waals surface area contributed by atoms with Gasteiger partial charge in [-0.25, -0.2) is 0 Å². The standard InChI is InChI=1S/C36H34N2O4.CH4/c1-35(2,3)29(21-13-9-7-10-14-21)37-31(39)23-17-19-25-28-26(20-18-24(27(23)28)32(37)40)34(42)38(33(25)41)30(36(4,5)6)22-15-11-8-12-16-22;/h7-20,29-30H,1-6H3;1H4. The van der Waals surface area contributed by atoms with Gasteiger partial charge in [0.1, 0.15) is 0 Å². The maximum absolute atomic E-state index is 14.2. The van der Waals surface area contributed by atoms with Crippen molar-refractivity contribution < 1.29 is 19.2 Å². The van der Waals surface area contributed by atoms with Crippen LogP contribution in [-0.2, 0) is 0 Å². The van der Waals surface area contributed by atoms with Gasteiger partial charge in [0.15, 0.2) is 0 Å². The van der Waals surface area contributed by atoms with E-state index in [1.54, 1.807) is 24.3 Å². The summed E-state index contributed by atoms with van der Waals surface area (Å²) in [5.74, 6) is -1.73. The van der Waals surface area contributed by atoms with Crippen LogP contribution in [0.25, 0.3) is 10.8 Å². The van der Waals surface area contributed by atoms with Crippen LogP contribution < -0.4 is 0 Å². The molecule has 6 nitrogen and oxygen atoms in total. The Labute approximate surface area is 253 Å². The van der Waals surface area contributed by atoms with Crippen LogP contribution in [0.5, 0.6) is 0 Å². The van der Waals surface area contributed by atoms with Crippen LogP contribution in [0.1, 0.15) is 114 Å². The van der Waals surface area contributed by atoms with E-state index >= 15 is 0 Å². The molecule has 4 aromatic rings. The molecule has 6 heteroatoms. The van der Waals surface area contributed by atoms with E-state index in [4.69, 9.17) is 0 Å². The van der Waals surface area contributed by atoms with Gasteiger partial charge < -0.3 is 0 Å². The van der Waals surface area contributed by atoms with Gasteiger partial charge in [-0.3, -0.25) is 29.0 Å². The maximum Gasteiger partial charge on any atom is 0.261 e. The topological polar surface area (TPSA) is 74.8 Å². The van der Waals surface area contributed by atoms with Gasteiger partial charge in [0, 0.05) is 33.0 Å². The second-order valence-corrected chi connectivity index (χ2v) is 13.4. The van der Waals surface area contributed by atoms with E-state index in [9.17, 15) is 19.2 Å². The van der Waals surface area contributed by atoms with Crippen molar-refractivity contribution in [2.45, 2.75) is 61.1 Å². The van der Waals surface area contributed by atoms with Crippen molar-refractivity contribution in [3.8, 4) is 0 Å². The molecule has 220 valence electrons. The highest BCUT2D eigenvalue weighted by atomic mass is 16.2. The first-order valence-corrected chi connectivity index (χ1v) is 14.3. The summed E-state index contributed by atoms with van der Waals surface area (Å²) in [5.41, 5.74) is 2.08. The first-order valence-electron chi connectivity index (χ1n) is 14.3. The summed E-state index contributed by atoms with van der Waals surface area (Å²) in [6.45, 7) is 12.0. The fraction of sp³-hybridized carbons (Fsp3) is 0.297. The Balaban J connectivity index is 0.00000368. The number of hydrogen-bond donors (Lipinski definition) is 0. The van der Waals surface area contributed by atoms with Crippen molar-refractivity contribution in [2.75, 3.05) is 0 Å². The molecule has 2 atom stereocenters. The van der Waals surface area contributed by atoms with E-state index in [1.807, 2.05) is 102 Å². The smallest absolute Gasteiger partial charge is 0.261 e. The lowest BCUT2D eigenvalue weighted by Crippen LogP contribution is -2.49. The first-order chi connectivity index (χ1) is 19.8. The molecule has 0 bridgehead atoms. The van der Waals surface area contributed by atoms with Gasteiger partial charge in [0.05, 0.1) is 12.1 Å². The number of benzene rings is 4. The quantitative estimate of drug-likeness (QED) is 0.230. The minimum absolute atomic E-state index is 0. The second kappa shape index (κ2) is 10.3. The summed E-state index contributed by atoms with van der Waals surface area (Å²) >= 11 is 0. The first kappa shape index (κ1) is 29.9. The monoisotopic (exact) mass is 574 g/mol. The Hall–Kier alpha value is -4.58. The highest BCUT2D eigenvalue weighted by Crippen LogP contribution is 2.47. The molecule has 0 aromatic heterocycles. The van der Waals surface area contributed by atoms with Crippen LogP contribution in [-0.4, -0.2) is 33.4 Å². The Morgan fingerprint density at radius 3 is 0.930 bits per heavy atom. The van der Waals surface area contributed by atoms with Crippen LogP contribution in [0.3, 0.4) is 0 Å². The second-order valence-electron chi connectivity index (χ2n) is 13.4. The molecule has 0 saturated carbocycles. The third kappa shape index (κ3) is 4.56. The lowest BCUT2D eigenvalue weighted by atomic mass is 9.77. The van der Waals surface area contributed by atoms with Crippen LogP contribution in [0.4, 0.5) is 0 Å². The molecule has 0 radical (unpaired) electrons. The molecule has 0 aliphatic carbocycles. The SMILES string of the molecule is C.CC(C)(C)C(c1ccccc1)N1C(=O)c2ccc3c4c(ccc(c24)C1=O)C(=O)N(C(c1ccccc1)C(C)(C)C)C3=O. The Bertz CT molecular complexity index is 1580. The molecule has 2 heterocycles. The molecule has 0 spiro atoms. The summed E-state index contributed by atoms with van der Waals surface area (Å²) < 4.78 is 0. The van der Waals surface area contributed by atoms with Gasteiger partial charge >= 0.3 is 0 Å². The van der Waals surface area contributed by atoms with E-state index in [2.05, 4.69) is 0 Å². The van der Waals surface area contributed by atoms with Gasteiger partial charge in [0.25, 0.3) is 23.6 Å². The van der Waals surface area contributed by atoms with Crippen molar-refractivity contribution in [3.05, 3.63) is 118 Å². The van der Waals surface area contributed by atoms with E-state index in [1.165, 1.54) is 9.80 Å². The third-order valence-electron chi connectivity index (χ3n) is 8.35. The Morgan fingerprint density at radius 2 is 0.698 bits per heavy atom. The summed E-state index contributed by atoms with van der Waals surface area (Å²) in [6, 6.07) is 24.6.